The molecule has 8 heteroatoms. The topological polar surface area (TPSA) is 91.5 Å². The number of carbonyl (C=O) groups excluding carboxylic acids is 1. The van der Waals surface area contributed by atoms with Crippen molar-refractivity contribution in [1.82, 2.24) is 20.9 Å². The molecular formula is C22H24ClN5O2. The molecule has 0 atom stereocenters. The van der Waals surface area contributed by atoms with E-state index in [2.05, 4.69) is 25.9 Å². The lowest BCUT2D eigenvalue weighted by atomic mass is 10.1. The van der Waals surface area contributed by atoms with Gasteiger partial charge in [-0.05, 0) is 47.9 Å². The van der Waals surface area contributed by atoms with Gasteiger partial charge in [-0.15, -0.1) is 0 Å². The Morgan fingerprint density at radius 2 is 1.97 bits per heavy atom. The summed E-state index contributed by atoms with van der Waals surface area (Å²) in [5, 5.41) is 9.86. The molecule has 3 aromatic rings. The number of amides is 1. The minimum atomic E-state index is -0.146. The lowest BCUT2D eigenvalue weighted by molar-refractivity contribution is 0.0948. The first kappa shape index (κ1) is 21.4. The van der Waals surface area contributed by atoms with Gasteiger partial charge in [0.15, 0.2) is 5.96 Å². The van der Waals surface area contributed by atoms with Crippen molar-refractivity contribution < 1.29 is 9.21 Å². The summed E-state index contributed by atoms with van der Waals surface area (Å²) in [6, 6.07) is 14.8. The number of aliphatic imine (C=N–C) groups is 1. The smallest absolute Gasteiger partial charge is 0.251 e. The maximum atomic E-state index is 12.4. The zero-order valence-corrected chi connectivity index (χ0v) is 17.4. The zero-order chi connectivity index (χ0) is 21.2. The molecule has 0 spiro atoms. The van der Waals surface area contributed by atoms with Gasteiger partial charge in [0.2, 0.25) is 0 Å². The second-order valence-corrected chi connectivity index (χ2v) is 6.94. The van der Waals surface area contributed by atoms with E-state index in [-0.39, 0.29) is 5.91 Å². The summed E-state index contributed by atoms with van der Waals surface area (Å²) in [6.45, 7) is 1.60. The van der Waals surface area contributed by atoms with Crippen molar-refractivity contribution in [1.29, 1.82) is 0 Å². The summed E-state index contributed by atoms with van der Waals surface area (Å²) in [6.07, 6.45) is 4.15. The molecule has 3 N–H and O–H groups in total. The summed E-state index contributed by atoms with van der Waals surface area (Å²) >= 11 is 5.80. The van der Waals surface area contributed by atoms with Crippen molar-refractivity contribution in [3.8, 4) is 0 Å². The molecular weight excluding hydrogens is 402 g/mol. The minimum Gasteiger partial charge on any atom is -0.467 e. The quantitative estimate of drug-likeness (QED) is 0.293. The molecule has 7 nitrogen and oxygen atoms in total. The summed E-state index contributed by atoms with van der Waals surface area (Å²) in [5.41, 5.74) is 2.67. The van der Waals surface area contributed by atoms with Crippen molar-refractivity contribution >= 4 is 23.5 Å². The molecule has 156 valence electrons. The van der Waals surface area contributed by atoms with Crippen LogP contribution in [-0.2, 0) is 19.5 Å². The Morgan fingerprint density at radius 3 is 2.70 bits per heavy atom. The summed E-state index contributed by atoms with van der Waals surface area (Å²) in [7, 11) is 1.72. The number of hydrogen-bond acceptors (Lipinski definition) is 4. The third-order valence-electron chi connectivity index (χ3n) is 4.37. The molecule has 2 heterocycles. The Morgan fingerprint density at radius 1 is 1.07 bits per heavy atom. The number of aromatic nitrogens is 1. The van der Waals surface area contributed by atoms with Gasteiger partial charge in [-0.3, -0.25) is 9.79 Å². The summed E-state index contributed by atoms with van der Waals surface area (Å²) in [5.74, 6) is 1.25. The molecule has 2 aromatic heterocycles. The van der Waals surface area contributed by atoms with Gasteiger partial charge >= 0.3 is 0 Å². The van der Waals surface area contributed by atoms with Crippen molar-refractivity contribution in [2.75, 3.05) is 13.6 Å². The van der Waals surface area contributed by atoms with Crippen LogP contribution >= 0.6 is 11.6 Å². The molecule has 1 aromatic carbocycles. The Hall–Kier alpha value is -3.32. The molecule has 0 aliphatic heterocycles. The first-order valence-electron chi connectivity index (χ1n) is 9.58. The largest absolute Gasteiger partial charge is 0.467 e. The highest BCUT2D eigenvalue weighted by molar-refractivity contribution is 6.29. The van der Waals surface area contributed by atoms with Gasteiger partial charge in [0.1, 0.15) is 10.9 Å². The van der Waals surface area contributed by atoms with Crippen LogP contribution in [0.4, 0.5) is 0 Å². The Kier molecular flexibility index (Phi) is 7.86. The van der Waals surface area contributed by atoms with Gasteiger partial charge in [-0.1, -0.05) is 29.8 Å². The van der Waals surface area contributed by atoms with Crippen LogP contribution < -0.4 is 16.0 Å². The molecule has 0 fully saturated rings. The minimum absolute atomic E-state index is 0.146. The second kappa shape index (κ2) is 11.0. The predicted molar refractivity (Wildman–Crippen MR) is 117 cm³/mol. The number of guanidine groups is 1. The third kappa shape index (κ3) is 6.63. The summed E-state index contributed by atoms with van der Waals surface area (Å²) in [4.78, 5) is 20.7. The number of nitrogens with one attached hydrogen (secondary N) is 3. The number of hydrogen-bond donors (Lipinski definition) is 3. The first-order valence-corrected chi connectivity index (χ1v) is 9.96. The fourth-order valence-electron chi connectivity index (χ4n) is 2.79. The van der Waals surface area contributed by atoms with Crippen LogP contribution in [0, 0.1) is 0 Å². The average molecular weight is 426 g/mol. The average Bonchev–Trinajstić information content (AvgIpc) is 3.29. The monoisotopic (exact) mass is 425 g/mol. The molecule has 0 saturated carbocycles. The standard InChI is InChI=1S/C22H24ClN5O2/c1-24-22(25-10-9-16-7-8-20(23)26-13-16)28-14-17-4-2-5-18(12-17)21(29)27-15-19-6-3-11-30-19/h2-8,11-13H,9-10,14-15H2,1H3,(H,27,29)(H2,24,25,28). The fourth-order valence-corrected chi connectivity index (χ4v) is 2.90. The van der Waals surface area contributed by atoms with Gasteiger partial charge in [0.25, 0.3) is 5.91 Å². The SMILES string of the molecule is CN=C(NCCc1ccc(Cl)nc1)NCc1cccc(C(=O)NCc2ccco2)c1. The Balaban J connectivity index is 1.46. The first-order chi connectivity index (χ1) is 14.6. The Labute approximate surface area is 180 Å². The van der Waals surface area contributed by atoms with Crippen molar-refractivity contribution in [2.45, 2.75) is 19.5 Å². The van der Waals surface area contributed by atoms with E-state index in [0.29, 0.717) is 42.1 Å². The molecule has 0 aliphatic rings. The van der Waals surface area contributed by atoms with Crippen LogP contribution in [0.15, 0.2) is 70.4 Å². The van der Waals surface area contributed by atoms with Gasteiger partial charge in [0.05, 0.1) is 12.8 Å². The van der Waals surface area contributed by atoms with Crippen LogP contribution in [0.25, 0.3) is 0 Å². The number of benzene rings is 1. The van der Waals surface area contributed by atoms with Crippen LogP contribution in [0.2, 0.25) is 5.15 Å². The highest BCUT2D eigenvalue weighted by Gasteiger charge is 2.07. The highest BCUT2D eigenvalue weighted by atomic mass is 35.5. The van der Waals surface area contributed by atoms with E-state index in [1.54, 1.807) is 37.7 Å². The molecule has 0 saturated heterocycles. The lowest BCUT2D eigenvalue weighted by Gasteiger charge is -2.12. The van der Waals surface area contributed by atoms with E-state index in [9.17, 15) is 4.79 Å². The van der Waals surface area contributed by atoms with E-state index in [1.165, 1.54) is 0 Å². The normalized spacial score (nSPS) is 11.2. The van der Waals surface area contributed by atoms with Crippen molar-refractivity contribution in [3.05, 3.63) is 88.6 Å². The van der Waals surface area contributed by atoms with Crippen LogP contribution in [0.1, 0.15) is 27.2 Å². The van der Waals surface area contributed by atoms with E-state index in [0.717, 1.165) is 17.5 Å². The number of carbonyl (C=O) groups is 1. The molecule has 1 amide bonds. The molecule has 30 heavy (non-hydrogen) atoms. The maximum Gasteiger partial charge on any atom is 0.251 e. The number of furan rings is 1. The zero-order valence-electron chi connectivity index (χ0n) is 16.7. The second-order valence-electron chi connectivity index (χ2n) is 6.55. The van der Waals surface area contributed by atoms with Gasteiger partial charge < -0.3 is 20.4 Å². The van der Waals surface area contributed by atoms with Crippen LogP contribution in [-0.4, -0.2) is 30.4 Å². The van der Waals surface area contributed by atoms with E-state index >= 15 is 0 Å². The molecule has 0 radical (unpaired) electrons. The van der Waals surface area contributed by atoms with Gasteiger partial charge in [0, 0.05) is 31.9 Å². The Bertz CT molecular complexity index is 971. The van der Waals surface area contributed by atoms with Gasteiger partial charge in [-0.25, -0.2) is 4.98 Å². The number of nitrogens with zero attached hydrogens (tertiary/aromatic N) is 2. The van der Waals surface area contributed by atoms with Crippen molar-refractivity contribution in [2.24, 2.45) is 4.99 Å². The van der Waals surface area contributed by atoms with E-state index in [1.807, 2.05) is 30.3 Å². The molecule has 0 unspecified atom stereocenters. The van der Waals surface area contributed by atoms with Crippen LogP contribution in [0.5, 0.6) is 0 Å². The molecule has 0 aliphatic carbocycles. The van der Waals surface area contributed by atoms with Crippen molar-refractivity contribution in [3.63, 3.8) is 0 Å². The molecule has 0 bridgehead atoms. The number of pyridine rings is 1. The number of rotatable bonds is 8. The van der Waals surface area contributed by atoms with Crippen LogP contribution in [0.3, 0.4) is 0 Å². The highest BCUT2D eigenvalue weighted by Crippen LogP contribution is 2.07. The van der Waals surface area contributed by atoms with E-state index < -0.39 is 0 Å². The third-order valence-corrected chi connectivity index (χ3v) is 4.59. The van der Waals surface area contributed by atoms with Gasteiger partial charge in [-0.2, -0.15) is 0 Å². The fraction of sp³-hybridized carbons (Fsp3) is 0.227. The lowest BCUT2D eigenvalue weighted by Crippen LogP contribution is -2.37. The summed E-state index contributed by atoms with van der Waals surface area (Å²) < 4.78 is 5.23. The number of halogens is 1. The molecule has 3 rings (SSSR count). The van der Waals surface area contributed by atoms with E-state index in [4.69, 9.17) is 16.0 Å². The predicted octanol–water partition coefficient (Wildman–Crippen LogP) is 3.17. The maximum absolute atomic E-state index is 12.4.